The summed E-state index contributed by atoms with van der Waals surface area (Å²) >= 11 is 1.53. The van der Waals surface area contributed by atoms with E-state index in [1.54, 1.807) is 6.33 Å². The lowest BCUT2D eigenvalue weighted by molar-refractivity contribution is 0.322. The van der Waals surface area contributed by atoms with Gasteiger partial charge in [0.1, 0.15) is 6.33 Å². The maximum Gasteiger partial charge on any atom is 0.276 e. The highest BCUT2D eigenvalue weighted by atomic mass is 32.2. The van der Waals surface area contributed by atoms with Crippen molar-refractivity contribution in [2.24, 2.45) is 5.92 Å². The van der Waals surface area contributed by atoms with Crippen LogP contribution < -0.4 is 0 Å². The van der Waals surface area contributed by atoms with E-state index >= 15 is 0 Å². The minimum Gasteiger partial charge on any atom is -0.416 e. The molecule has 2 aromatic heterocycles. The molecule has 0 radical (unpaired) electrons. The van der Waals surface area contributed by atoms with E-state index in [9.17, 15) is 0 Å². The van der Waals surface area contributed by atoms with Crippen molar-refractivity contribution < 1.29 is 4.42 Å². The minimum atomic E-state index is 0.634. The van der Waals surface area contributed by atoms with Crippen LogP contribution in [-0.4, -0.2) is 20.2 Å². The lowest BCUT2D eigenvalue weighted by Gasteiger charge is -2.20. The second-order valence-corrected chi connectivity index (χ2v) is 6.87. The van der Waals surface area contributed by atoms with Crippen molar-refractivity contribution in [1.82, 2.24) is 20.2 Å². The van der Waals surface area contributed by atoms with Crippen LogP contribution in [0.1, 0.15) is 55.8 Å². The standard InChI is InChI=1S/C16H22N4OS/c1-12-9-14(18-11-17-12)10-22-16-20-19-15(21-16)8-7-13-5-3-2-4-6-13/h9,11,13H,2-8,10H2,1H3. The first-order valence-corrected chi connectivity index (χ1v) is 9.01. The monoisotopic (exact) mass is 318 g/mol. The van der Waals surface area contributed by atoms with Crippen LogP contribution in [-0.2, 0) is 12.2 Å². The molecule has 1 saturated carbocycles. The maximum absolute atomic E-state index is 5.72. The van der Waals surface area contributed by atoms with E-state index in [2.05, 4.69) is 20.2 Å². The SMILES string of the molecule is Cc1cc(CSc2nnc(CCC3CCCCC3)o2)ncn1. The fourth-order valence-electron chi connectivity index (χ4n) is 2.93. The first-order valence-electron chi connectivity index (χ1n) is 8.02. The molecule has 5 nitrogen and oxygen atoms in total. The Hall–Kier alpha value is -1.43. The van der Waals surface area contributed by atoms with Gasteiger partial charge in [-0.1, -0.05) is 43.9 Å². The zero-order valence-electron chi connectivity index (χ0n) is 13.0. The van der Waals surface area contributed by atoms with Gasteiger partial charge >= 0.3 is 0 Å². The number of aryl methyl sites for hydroxylation is 2. The van der Waals surface area contributed by atoms with Gasteiger partial charge in [0.05, 0.1) is 5.69 Å². The number of hydrogen-bond acceptors (Lipinski definition) is 6. The summed E-state index contributed by atoms with van der Waals surface area (Å²) < 4.78 is 5.72. The molecular weight excluding hydrogens is 296 g/mol. The molecule has 0 N–H and O–H groups in total. The van der Waals surface area contributed by atoms with Crippen LogP contribution in [0.4, 0.5) is 0 Å². The van der Waals surface area contributed by atoms with Gasteiger partial charge in [0.25, 0.3) is 5.22 Å². The van der Waals surface area contributed by atoms with Gasteiger partial charge in [-0.05, 0) is 25.3 Å². The normalized spacial score (nSPS) is 16.0. The summed E-state index contributed by atoms with van der Waals surface area (Å²) in [6, 6.07) is 1.98. The summed E-state index contributed by atoms with van der Waals surface area (Å²) in [4.78, 5) is 8.33. The topological polar surface area (TPSA) is 64.7 Å². The molecule has 118 valence electrons. The largest absolute Gasteiger partial charge is 0.416 e. The quantitative estimate of drug-likeness (QED) is 0.751. The molecule has 0 unspecified atom stereocenters. The summed E-state index contributed by atoms with van der Waals surface area (Å²) in [5.41, 5.74) is 1.96. The number of rotatable bonds is 6. The molecule has 0 bridgehead atoms. The third-order valence-electron chi connectivity index (χ3n) is 4.14. The number of thioether (sulfide) groups is 1. The van der Waals surface area contributed by atoms with Gasteiger partial charge in [0, 0.05) is 17.9 Å². The van der Waals surface area contributed by atoms with Gasteiger partial charge in [0.2, 0.25) is 5.89 Å². The summed E-state index contributed by atoms with van der Waals surface area (Å²) in [6.07, 6.45) is 10.6. The molecule has 6 heteroatoms. The average molecular weight is 318 g/mol. The second-order valence-electron chi connectivity index (χ2n) is 5.94. The fraction of sp³-hybridized carbons (Fsp3) is 0.625. The van der Waals surface area contributed by atoms with E-state index in [0.717, 1.165) is 35.4 Å². The van der Waals surface area contributed by atoms with Gasteiger partial charge in [-0.15, -0.1) is 10.2 Å². The summed E-state index contributed by atoms with van der Waals surface area (Å²) in [7, 11) is 0. The average Bonchev–Trinajstić information content (AvgIpc) is 3.00. The van der Waals surface area contributed by atoms with E-state index in [0.29, 0.717) is 5.22 Å². The first-order chi connectivity index (χ1) is 10.8. The molecule has 0 saturated heterocycles. The van der Waals surface area contributed by atoms with Gasteiger partial charge in [-0.3, -0.25) is 0 Å². The van der Waals surface area contributed by atoms with Crippen molar-refractivity contribution in [1.29, 1.82) is 0 Å². The van der Waals surface area contributed by atoms with E-state index in [1.807, 2.05) is 13.0 Å². The lowest BCUT2D eigenvalue weighted by Crippen LogP contribution is -2.07. The highest BCUT2D eigenvalue weighted by molar-refractivity contribution is 7.98. The van der Waals surface area contributed by atoms with Crippen LogP contribution in [0.25, 0.3) is 0 Å². The van der Waals surface area contributed by atoms with Gasteiger partial charge in [0.15, 0.2) is 0 Å². The van der Waals surface area contributed by atoms with Crippen LogP contribution in [0.2, 0.25) is 0 Å². The third-order valence-corrected chi connectivity index (χ3v) is 5.00. The molecule has 0 spiro atoms. The van der Waals surface area contributed by atoms with Crippen molar-refractivity contribution in [3.63, 3.8) is 0 Å². The Labute approximate surface area is 135 Å². The molecule has 2 heterocycles. The smallest absolute Gasteiger partial charge is 0.276 e. The lowest BCUT2D eigenvalue weighted by atomic mass is 9.86. The molecule has 0 aromatic carbocycles. The van der Waals surface area contributed by atoms with Crippen molar-refractivity contribution in [2.75, 3.05) is 0 Å². The van der Waals surface area contributed by atoms with E-state index < -0.39 is 0 Å². The minimum absolute atomic E-state index is 0.634. The van der Waals surface area contributed by atoms with Crippen LogP contribution in [0.15, 0.2) is 22.0 Å². The van der Waals surface area contributed by atoms with Crippen LogP contribution in [0, 0.1) is 12.8 Å². The highest BCUT2D eigenvalue weighted by Gasteiger charge is 2.15. The van der Waals surface area contributed by atoms with Crippen molar-refractivity contribution in [3.05, 3.63) is 29.7 Å². The van der Waals surface area contributed by atoms with Crippen LogP contribution >= 0.6 is 11.8 Å². The van der Waals surface area contributed by atoms with Crippen LogP contribution in [0.3, 0.4) is 0 Å². The first kappa shape index (κ1) is 15.5. The summed E-state index contributed by atoms with van der Waals surface area (Å²) in [6.45, 7) is 1.96. The molecule has 3 rings (SSSR count). The molecule has 1 aliphatic carbocycles. The zero-order chi connectivity index (χ0) is 15.2. The predicted molar refractivity (Wildman–Crippen MR) is 85.5 cm³/mol. The molecule has 0 amide bonds. The van der Waals surface area contributed by atoms with Crippen molar-refractivity contribution in [2.45, 2.75) is 62.8 Å². The summed E-state index contributed by atoms with van der Waals surface area (Å²) in [5.74, 6) is 2.35. The number of aromatic nitrogens is 4. The molecule has 0 atom stereocenters. The van der Waals surface area contributed by atoms with Gasteiger partial charge < -0.3 is 4.42 Å². The maximum atomic E-state index is 5.72. The highest BCUT2D eigenvalue weighted by Crippen LogP contribution is 2.28. The van der Waals surface area contributed by atoms with Gasteiger partial charge in [-0.2, -0.15) is 0 Å². The van der Waals surface area contributed by atoms with Gasteiger partial charge in [-0.25, -0.2) is 9.97 Å². The number of nitrogens with zero attached hydrogens (tertiary/aromatic N) is 4. The fourth-order valence-corrected chi connectivity index (χ4v) is 3.61. The second kappa shape index (κ2) is 7.72. The van der Waals surface area contributed by atoms with E-state index in [-0.39, 0.29) is 0 Å². The van der Waals surface area contributed by atoms with E-state index in [1.165, 1.54) is 50.3 Å². The van der Waals surface area contributed by atoms with E-state index in [4.69, 9.17) is 4.42 Å². The Morgan fingerprint density at radius 1 is 1.18 bits per heavy atom. The molecule has 22 heavy (non-hydrogen) atoms. The Morgan fingerprint density at radius 2 is 2.05 bits per heavy atom. The molecule has 1 aliphatic rings. The Bertz CT molecular complexity index is 595. The molecular formula is C16H22N4OS. The molecule has 0 aliphatic heterocycles. The Morgan fingerprint density at radius 3 is 2.86 bits per heavy atom. The Kier molecular flexibility index (Phi) is 5.43. The predicted octanol–water partition coefficient (Wildman–Crippen LogP) is 3.97. The summed E-state index contributed by atoms with van der Waals surface area (Å²) in [5, 5.41) is 8.91. The van der Waals surface area contributed by atoms with Crippen LogP contribution in [0.5, 0.6) is 0 Å². The van der Waals surface area contributed by atoms with Crippen molar-refractivity contribution >= 4 is 11.8 Å². The van der Waals surface area contributed by atoms with Crippen molar-refractivity contribution in [3.8, 4) is 0 Å². The molecule has 1 fully saturated rings. The third kappa shape index (κ3) is 4.53. The zero-order valence-corrected chi connectivity index (χ0v) is 13.8. The molecule has 2 aromatic rings. The Balaban J connectivity index is 1.46. The number of hydrogen-bond donors (Lipinski definition) is 0.